The first-order valence-electron chi connectivity index (χ1n) is 9.73. The summed E-state index contributed by atoms with van der Waals surface area (Å²) in [5.41, 5.74) is 4.04. The second kappa shape index (κ2) is 9.06. The lowest BCUT2D eigenvalue weighted by Gasteiger charge is -2.12. The Balaban J connectivity index is 1.29. The molecule has 0 fully saturated rings. The van der Waals surface area contributed by atoms with Crippen LogP contribution in [0.3, 0.4) is 0 Å². The summed E-state index contributed by atoms with van der Waals surface area (Å²) in [7, 11) is 0. The van der Waals surface area contributed by atoms with Gasteiger partial charge >= 0.3 is 0 Å². The van der Waals surface area contributed by atoms with E-state index in [1.54, 1.807) is 0 Å². The maximum atomic E-state index is 12.3. The Morgan fingerprint density at radius 1 is 0.897 bits per heavy atom. The summed E-state index contributed by atoms with van der Waals surface area (Å²) in [6, 6.07) is 25.6. The fourth-order valence-corrected chi connectivity index (χ4v) is 3.19. The topological polar surface area (TPSA) is 67.0 Å². The molecule has 5 nitrogen and oxygen atoms in total. The molecular formula is C24H23N3O2. The molecule has 0 bridgehead atoms. The number of rotatable bonds is 8. The summed E-state index contributed by atoms with van der Waals surface area (Å²) >= 11 is 0. The highest BCUT2D eigenvalue weighted by atomic mass is 16.5. The largest absolute Gasteiger partial charge is 0.489 e. The standard InChI is InChI=1S/C24H23N3O2/c28-24(15-14-23-26-21-12-6-7-13-22(21)27-23)25-16-18-8-4-5-9-19(18)17-29-20-10-2-1-3-11-20/h1-13H,14-17H2,(H,25,28)(H,26,27). The Bertz CT molecular complexity index is 1060. The molecule has 0 spiro atoms. The van der Waals surface area contributed by atoms with Crippen LogP contribution in [0.2, 0.25) is 0 Å². The Hall–Kier alpha value is -3.60. The van der Waals surface area contributed by atoms with Crippen molar-refractivity contribution < 1.29 is 9.53 Å². The lowest BCUT2D eigenvalue weighted by atomic mass is 10.1. The molecule has 0 aliphatic heterocycles. The van der Waals surface area contributed by atoms with Crippen LogP contribution in [0.4, 0.5) is 0 Å². The van der Waals surface area contributed by atoms with Crippen LogP contribution in [0.25, 0.3) is 11.0 Å². The Morgan fingerprint density at radius 3 is 2.45 bits per heavy atom. The first-order valence-corrected chi connectivity index (χ1v) is 9.73. The quantitative estimate of drug-likeness (QED) is 0.473. The monoisotopic (exact) mass is 385 g/mol. The third-order valence-electron chi connectivity index (χ3n) is 4.76. The summed E-state index contributed by atoms with van der Waals surface area (Å²) in [5.74, 6) is 1.67. The summed E-state index contributed by atoms with van der Waals surface area (Å²) in [6.45, 7) is 0.947. The number of aromatic nitrogens is 2. The number of aryl methyl sites for hydroxylation is 1. The molecule has 1 aromatic heterocycles. The third-order valence-corrected chi connectivity index (χ3v) is 4.76. The lowest BCUT2D eigenvalue weighted by Crippen LogP contribution is -2.24. The Kier molecular flexibility index (Phi) is 5.86. The van der Waals surface area contributed by atoms with Crippen LogP contribution in [-0.4, -0.2) is 15.9 Å². The molecule has 5 heteroatoms. The van der Waals surface area contributed by atoms with Gasteiger partial charge in [-0.05, 0) is 35.4 Å². The lowest BCUT2D eigenvalue weighted by molar-refractivity contribution is -0.121. The molecule has 4 rings (SSSR count). The smallest absolute Gasteiger partial charge is 0.220 e. The van der Waals surface area contributed by atoms with Gasteiger partial charge in [-0.15, -0.1) is 0 Å². The minimum absolute atomic E-state index is 0.00392. The average Bonchev–Trinajstić information content (AvgIpc) is 3.19. The van der Waals surface area contributed by atoms with E-state index in [9.17, 15) is 4.79 Å². The summed E-state index contributed by atoms with van der Waals surface area (Å²) in [5, 5.41) is 3.01. The zero-order valence-electron chi connectivity index (χ0n) is 16.1. The van der Waals surface area contributed by atoms with Gasteiger partial charge in [0, 0.05) is 19.4 Å². The van der Waals surface area contributed by atoms with Crippen molar-refractivity contribution in [2.24, 2.45) is 0 Å². The molecule has 29 heavy (non-hydrogen) atoms. The van der Waals surface area contributed by atoms with Crippen LogP contribution in [-0.2, 0) is 24.4 Å². The number of amides is 1. The number of para-hydroxylation sites is 3. The molecule has 146 valence electrons. The summed E-state index contributed by atoms with van der Waals surface area (Å²) < 4.78 is 5.85. The molecule has 0 aliphatic carbocycles. The van der Waals surface area contributed by atoms with Crippen molar-refractivity contribution in [1.82, 2.24) is 15.3 Å². The highest BCUT2D eigenvalue weighted by Gasteiger charge is 2.08. The van der Waals surface area contributed by atoms with Gasteiger partial charge in [0.25, 0.3) is 0 Å². The van der Waals surface area contributed by atoms with Crippen molar-refractivity contribution >= 4 is 16.9 Å². The van der Waals surface area contributed by atoms with Crippen LogP contribution in [0, 0.1) is 0 Å². The van der Waals surface area contributed by atoms with Crippen molar-refractivity contribution in [3.63, 3.8) is 0 Å². The Labute approximate surface area is 169 Å². The van der Waals surface area contributed by atoms with Gasteiger partial charge in [-0.3, -0.25) is 4.79 Å². The third kappa shape index (κ3) is 5.02. The molecule has 0 saturated heterocycles. The van der Waals surface area contributed by atoms with Gasteiger partial charge in [0.2, 0.25) is 5.91 Å². The molecule has 0 unspecified atom stereocenters. The van der Waals surface area contributed by atoms with Crippen molar-refractivity contribution in [2.45, 2.75) is 26.0 Å². The van der Waals surface area contributed by atoms with Gasteiger partial charge < -0.3 is 15.0 Å². The van der Waals surface area contributed by atoms with E-state index in [1.807, 2.05) is 78.9 Å². The average molecular weight is 385 g/mol. The number of nitrogens with zero attached hydrogens (tertiary/aromatic N) is 1. The zero-order valence-corrected chi connectivity index (χ0v) is 16.1. The minimum Gasteiger partial charge on any atom is -0.489 e. The Morgan fingerprint density at radius 2 is 1.62 bits per heavy atom. The van der Waals surface area contributed by atoms with E-state index in [1.165, 1.54) is 0 Å². The zero-order chi connectivity index (χ0) is 19.9. The second-order valence-electron chi connectivity index (χ2n) is 6.85. The number of H-pyrrole nitrogens is 1. The number of aromatic amines is 1. The van der Waals surface area contributed by atoms with Crippen LogP contribution in [0.5, 0.6) is 5.75 Å². The number of nitrogens with one attached hydrogen (secondary N) is 2. The van der Waals surface area contributed by atoms with Gasteiger partial charge in [-0.1, -0.05) is 54.6 Å². The molecule has 2 N–H and O–H groups in total. The van der Waals surface area contributed by atoms with Crippen LogP contribution < -0.4 is 10.1 Å². The predicted octanol–water partition coefficient (Wildman–Crippen LogP) is 4.39. The molecule has 0 aliphatic rings. The van der Waals surface area contributed by atoms with Crippen molar-refractivity contribution in [3.8, 4) is 5.75 Å². The maximum absolute atomic E-state index is 12.3. The van der Waals surface area contributed by atoms with E-state index in [2.05, 4.69) is 15.3 Å². The highest BCUT2D eigenvalue weighted by molar-refractivity contribution is 5.77. The number of hydrogen-bond donors (Lipinski definition) is 2. The van der Waals surface area contributed by atoms with E-state index in [0.717, 1.165) is 33.7 Å². The SMILES string of the molecule is O=C(CCc1nc2ccccc2[nH]1)NCc1ccccc1COc1ccccc1. The summed E-state index contributed by atoms with van der Waals surface area (Å²) in [6.07, 6.45) is 0.974. The number of imidazole rings is 1. The fraction of sp³-hybridized carbons (Fsp3) is 0.167. The molecule has 4 aromatic rings. The highest BCUT2D eigenvalue weighted by Crippen LogP contribution is 2.15. The molecule has 0 radical (unpaired) electrons. The van der Waals surface area contributed by atoms with Gasteiger partial charge in [0.05, 0.1) is 11.0 Å². The predicted molar refractivity (Wildman–Crippen MR) is 113 cm³/mol. The first-order chi connectivity index (χ1) is 14.3. The summed E-state index contributed by atoms with van der Waals surface area (Å²) in [4.78, 5) is 20.1. The molecule has 0 atom stereocenters. The number of hydrogen-bond acceptors (Lipinski definition) is 3. The number of fused-ring (bicyclic) bond motifs is 1. The van der Waals surface area contributed by atoms with Gasteiger partial charge in [-0.25, -0.2) is 4.98 Å². The minimum atomic E-state index is 0.00392. The number of carbonyl (C=O) groups is 1. The maximum Gasteiger partial charge on any atom is 0.220 e. The van der Waals surface area contributed by atoms with Crippen molar-refractivity contribution in [3.05, 3.63) is 95.8 Å². The number of ether oxygens (including phenoxy) is 1. The van der Waals surface area contributed by atoms with Crippen LogP contribution in [0.1, 0.15) is 23.4 Å². The molecule has 1 heterocycles. The fourth-order valence-electron chi connectivity index (χ4n) is 3.19. The number of benzene rings is 3. The van der Waals surface area contributed by atoms with Crippen molar-refractivity contribution in [1.29, 1.82) is 0 Å². The molecule has 3 aromatic carbocycles. The van der Waals surface area contributed by atoms with E-state index in [-0.39, 0.29) is 5.91 Å². The van der Waals surface area contributed by atoms with E-state index >= 15 is 0 Å². The number of carbonyl (C=O) groups excluding carboxylic acids is 1. The molecular weight excluding hydrogens is 362 g/mol. The van der Waals surface area contributed by atoms with Gasteiger partial charge in [0.15, 0.2) is 0 Å². The van der Waals surface area contributed by atoms with Gasteiger partial charge in [0.1, 0.15) is 18.2 Å². The first kappa shape index (κ1) is 18.7. The van der Waals surface area contributed by atoms with Crippen LogP contribution >= 0.6 is 0 Å². The molecule has 1 amide bonds. The van der Waals surface area contributed by atoms with E-state index in [4.69, 9.17) is 4.74 Å². The van der Waals surface area contributed by atoms with Crippen molar-refractivity contribution in [2.75, 3.05) is 0 Å². The van der Waals surface area contributed by atoms with E-state index < -0.39 is 0 Å². The van der Waals surface area contributed by atoms with E-state index in [0.29, 0.717) is 26.0 Å². The van der Waals surface area contributed by atoms with Crippen LogP contribution in [0.15, 0.2) is 78.9 Å². The second-order valence-corrected chi connectivity index (χ2v) is 6.85. The molecule has 0 saturated carbocycles. The van der Waals surface area contributed by atoms with Gasteiger partial charge in [-0.2, -0.15) is 0 Å². The normalized spacial score (nSPS) is 10.8.